The van der Waals surface area contributed by atoms with Gasteiger partial charge in [0.25, 0.3) is 0 Å². The zero-order valence-electron chi connectivity index (χ0n) is 28.1. The third-order valence-corrected chi connectivity index (χ3v) is 9.97. The first-order chi connectivity index (χ1) is 25.8. The van der Waals surface area contributed by atoms with Crippen LogP contribution in [0.3, 0.4) is 0 Å². The molecule has 0 N–H and O–H groups in total. The van der Waals surface area contributed by atoms with E-state index in [0.29, 0.717) is 5.82 Å². The van der Waals surface area contributed by atoms with Crippen LogP contribution in [0.25, 0.3) is 71.6 Å². The molecule has 2 aromatic heterocycles. The molecule has 0 radical (unpaired) electrons. The quantitative estimate of drug-likeness (QED) is 0.177. The van der Waals surface area contributed by atoms with E-state index >= 15 is 0 Å². The van der Waals surface area contributed by atoms with Crippen molar-refractivity contribution in [2.24, 2.45) is 0 Å². The second kappa shape index (κ2) is 12.3. The molecule has 10 rings (SSSR count). The van der Waals surface area contributed by atoms with Crippen LogP contribution in [0.2, 0.25) is 0 Å². The summed E-state index contributed by atoms with van der Waals surface area (Å²) in [5.74, 6) is 0.654. The lowest BCUT2D eigenvalue weighted by molar-refractivity contribution is 1.06. The lowest BCUT2D eigenvalue weighted by atomic mass is 10.0. The Hall–Kier alpha value is -7.11. The Balaban J connectivity index is 1.16. The first-order valence-corrected chi connectivity index (χ1v) is 17.4. The molecule has 244 valence electrons. The maximum absolute atomic E-state index is 4.43. The van der Waals surface area contributed by atoms with Crippen LogP contribution in [0.4, 0.5) is 17.1 Å². The monoisotopic (exact) mass is 665 g/mol. The Labute approximate surface area is 300 Å². The molecule has 2 heterocycles. The molecule has 0 spiro atoms. The highest BCUT2D eigenvalue weighted by molar-refractivity contribution is 6.11. The average Bonchev–Trinajstić information content (AvgIpc) is 3.55. The van der Waals surface area contributed by atoms with Crippen LogP contribution in [0, 0.1) is 0 Å². The summed E-state index contributed by atoms with van der Waals surface area (Å²) in [5, 5.41) is 7.21. The average molecular weight is 666 g/mol. The van der Waals surface area contributed by atoms with Gasteiger partial charge < -0.3 is 9.47 Å². The molecule has 52 heavy (non-hydrogen) atoms. The van der Waals surface area contributed by atoms with Crippen LogP contribution in [-0.2, 0) is 0 Å². The van der Waals surface area contributed by atoms with Gasteiger partial charge in [-0.3, -0.25) is 0 Å². The van der Waals surface area contributed by atoms with E-state index in [1.807, 2.05) is 0 Å². The van der Waals surface area contributed by atoms with Crippen molar-refractivity contribution in [2.45, 2.75) is 0 Å². The van der Waals surface area contributed by atoms with E-state index in [-0.39, 0.29) is 0 Å². The van der Waals surface area contributed by atoms with Gasteiger partial charge in [0.05, 0.1) is 16.7 Å². The smallest absolute Gasteiger partial charge is 0.162 e. The highest BCUT2D eigenvalue weighted by atomic mass is 15.1. The van der Waals surface area contributed by atoms with Gasteiger partial charge in [0.2, 0.25) is 0 Å². The first kappa shape index (κ1) is 29.8. The van der Waals surface area contributed by atoms with Gasteiger partial charge in [-0.2, -0.15) is 0 Å². The minimum Gasteiger partial charge on any atom is -0.310 e. The fourth-order valence-electron chi connectivity index (χ4n) is 7.55. The predicted molar refractivity (Wildman–Crippen MR) is 215 cm³/mol. The molecule has 5 nitrogen and oxygen atoms in total. The summed E-state index contributed by atoms with van der Waals surface area (Å²) in [6.45, 7) is 0. The molecule has 0 amide bonds. The van der Waals surface area contributed by atoms with Gasteiger partial charge in [0.15, 0.2) is 5.82 Å². The van der Waals surface area contributed by atoms with Gasteiger partial charge in [-0.25, -0.2) is 15.0 Å². The van der Waals surface area contributed by atoms with Crippen LogP contribution >= 0.6 is 0 Å². The lowest BCUT2D eigenvalue weighted by Gasteiger charge is -2.27. The molecule has 5 heteroatoms. The van der Waals surface area contributed by atoms with Crippen molar-refractivity contribution in [1.29, 1.82) is 0 Å². The van der Waals surface area contributed by atoms with Crippen molar-refractivity contribution in [3.63, 3.8) is 0 Å². The second-order valence-corrected chi connectivity index (χ2v) is 13.0. The topological polar surface area (TPSA) is 46.8 Å². The van der Waals surface area contributed by atoms with Crippen LogP contribution in [0.5, 0.6) is 0 Å². The highest BCUT2D eigenvalue weighted by Gasteiger charge is 2.18. The third kappa shape index (κ3) is 5.07. The standard InChI is InChI=1S/C47H31N5/c1-2-15-38(16-3-1)52-45-28-36(21-24-42(45)43-25-22-37(29-46(43)52)47-49-30-48-31-50-47)35-14-8-17-39(27-35)51(40-23-20-32-10-4-5-12-34(32)26-40)44-19-9-13-33-11-6-7-18-41(33)44/h1-31H. The summed E-state index contributed by atoms with van der Waals surface area (Å²) in [4.78, 5) is 15.3. The molecule has 0 aliphatic heterocycles. The van der Waals surface area contributed by atoms with E-state index in [1.54, 1.807) is 12.7 Å². The molecule has 0 bridgehead atoms. The molecular formula is C47H31N5. The molecule has 8 aromatic carbocycles. The van der Waals surface area contributed by atoms with E-state index in [2.05, 4.69) is 200 Å². The van der Waals surface area contributed by atoms with Crippen LogP contribution in [-0.4, -0.2) is 19.5 Å². The van der Waals surface area contributed by atoms with Gasteiger partial charge in [-0.05, 0) is 81.9 Å². The predicted octanol–water partition coefficient (Wildman–Crippen LogP) is 12.1. The first-order valence-electron chi connectivity index (χ1n) is 17.4. The van der Waals surface area contributed by atoms with Crippen molar-refractivity contribution in [1.82, 2.24) is 19.5 Å². The summed E-state index contributed by atoms with van der Waals surface area (Å²) >= 11 is 0. The maximum Gasteiger partial charge on any atom is 0.162 e. The molecule has 0 aliphatic carbocycles. The van der Waals surface area contributed by atoms with E-state index in [0.717, 1.165) is 50.5 Å². The summed E-state index contributed by atoms with van der Waals surface area (Å²) in [5.41, 5.74) is 9.91. The van der Waals surface area contributed by atoms with Crippen molar-refractivity contribution in [2.75, 3.05) is 4.90 Å². The van der Waals surface area contributed by atoms with Gasteiger partial charge in [0.1, 0.15) is 12.7 Å². The molecule has 0 saturated heterocycles. The Morgan fingerprint density at radius 2 is 1.04 bits per heavy atom. The second-order valence-electron chi connectivity index (χ2n) is 13.0. The zero-order chi connectivity index (χ0) is 34.4. The lowest BCUT2D eigenvalue weighted by Crippen LogP contribution is -2.10. The fraction of sp³-hybridized carbons (Fsp3) is 0. The number of aromatic nitrogens is 4. The van der Waals surface area contributed by atoms with Gasteiger partial charge in [0, 0.05) is 38.8 Å². The Morgan fingerprint density at radius 3 is 1.87 bits per heavy atom. The number of hydrogen-bond acceptors (Lipinski definition) is 4. The maximum atomic E-state index is 4.43. The summed E-state index contributed by atoms with van der Waals surface area (Å²) < 4.78 is 2.35. The largest absolute Gasteiger partial charge is 0.310 e. The van der Waals surface area contributed by atoms with E-state index < -0.39 is 0 Å². The summed E-state index contributed by atoms with van der Waals surface area (Å²) in [7, 11) is 0. The molecular weight excluding hydrogens is 635 g/mol. The van der Waals surface area contributed by atoms with E-state index in [1.165, 1.54) is 32.3 Å². The Kier molecular flexibility index (Phi) is 7.07. The zero-order valence-corrected chi connectivity index (χ0v) is 28.1. The number of anilines is 3. The van der Waals surface area contributed by atoms with Gasteiger partial charge in [-0.15, -0.1) is 0 Å². The van der Waals surface area contributed by atoms with E-state index in [4.69, 9.17) is 0 Å². The molecule has 0 fully saturated rings. The number of nitrogens with zero attached hydrogens (tertiary/aromatic N) is 5. The van der Waals surface area contributed by atoms with E-state index in [9.17, 15) is 0 Å². The van der Waals surface area contributed by atoms with Crippen LogP contribution < -0.4 is 4.90 Å². The summed E-state index contributed by atoms with van der Waals surface area (Å²) in [6.07, 6.45) is 3.09. The molecule has 0 aliphatic rings. The Morgan fingerprint density at radius 1 is 0.404 bits per heavy atom. The highest BCUT2D eigenvalue weighted by Crippen LogP contribution is 2.42. The summed E-state index contributed by atoms with van der Waals surface area (Å²) in [6, 6.07) is 63.2. The van der Waals surface area contributed by atoms with Gasteiger partial charge >= 0.3 is 0 Å². The van der Waals surface area contributed by atoms with Crippen LogP contribution in [0.1, 0.15) is 0 Å². The molecule has 0 saturated carbocycles. The SMILES string of the molecule is c1ccc(-n2c3cc(-c4cccc(N(c5ccc6ccccc6c5)c5cccc6ccccc56)c4)ccc3c3ccc(-c4ncncn4)cc32)cc1. The third-order valence-electron chi connectivity index (χ3n) is 9.97. The molecule has 0 atom stereocenters. The van der Waals surface area contributed by atoms with Crippen molar-refractivity contribution in [3.05, 3.63) is 189 Å². The normalized spacial score (nSPS) is 11.5. The Bertz CT molecular complexity index is 2910. The minimum atomic E-state index is 0.654. The fourth-order valence-corrected chi connectivity index (χ4v) is 7.55. The molecule has 0 unspecified atom stereocenters. The number of hydrogen-bond donors (Lipinski definition) is 0. The van der Waals surface area contributed by atoms with Crippen LogP contribution in [0.15, 0.2) is 189 Å². The van der Waals surface area contributed by atoms with Crippen molar-refractivity contribution >= 4 is 60.4 Å². The number of fused-ring (bicyclic) bond motifs is 5. The minimum absolute atomic E-state index is 0.654. The number of benzene rings is 8. The molecule has 10 aromatic rings. The number of para-hydroxylation sites is 1. The van der Waals surface area contributed by atoms with Gasteiger partial charge in [-0.1, -0.05) is 121 Å². The van der Waals surface area contributed by atoms with Crippen molar-refractivity contribution < 1.29 is 0 Å². The number of rotatable bonds is 6. The van der Waals surface area contributed by atoms with Crippen molar-refractivity contribution in [3.8, 4) is 28.2 Å².